The summed E-state index contributed by atoms with van der Waals surface area (Å²) in [5.74, 6) is -0.163. The Labute approximate surface area is 184 Å². The fraction of sp³-hybridized carbons (Fsp3) is 0.0952. The minimum atomic E-state index is -3.85. The molecule has 0 spiro atoms. The summed E-state index contributed by atoms with van der Waals surface area (Å²) in [5, 5.41) is 3.31. The Kier molecular flexibility index (Phi) is 6.87. The van der Waals surface area contributed by atoms with E-state index < -0.39 is 10.0 Å². The fourth-order valence-electron chi connectivity index (χ4n) is 2.54. The van der Waals surface area contributed by atoms with Gasteiger partial charge in [-0.1, -0.05) is 41.4 Å². The molecular weight excluding hydrogens is 447 g/mol. The molecule has 0 aromatic heterocycles. The van der Waals surface area contributed by atoms with Crippen molar-refractivity contribution in [1.29, 1.82) is 0 Å². The second-order valence-corrected chi connectivity index (χ2v) is 8.88. The summed E-state index contributed by atoms with van der Waals surface area (Å²) < 4.78 is 33.0. The molecule has 3 aromatic rings. The van der Waals surface area contributed by atoms with E-state index in [2.05, 4.69) is 10.0 Å². The highest BCUT2D eigenvalue weighted by Crippen LogP contribution is 2.28. The number of rotatable bonds is 7. The molecule has 0 saturated heterocycles. The molecule has 1 amide bonds. The molecule has 0 radical (unpaired) electrons. The monoisotopic (exact) mass is 464 g/mol. The second-order valence-electron chi connectivity index (χ2n) is 6.36. The van der Waals surface area contributed by atoms with E-state index in [9.17, 15) is 13.2 Å². The minimum Gasteiger partial charge on any atom is -0.482 e. The van der Waals surface area contributed by atoms with Crippen molar-refractivity contribution in [2.24, 2.45) is 0 Å². The normalized spacial score (nSPS) is 11.0. The molecule has 0 unspecified atom stereocenters. The summed E-state index contributed by atoms with van der Waals surface area (Å²) >= 11 is 12.0. The van der Waals surface area contributed by atoms with Crippen molar-refractivity contribution < 1.29 is 17.9 Å². The average Bonchev–Trinajstić information content (AvgIpc) is 2.70. The molecular formula is C21H18Cl2N2O4S. The summed E-state index contributed by atoms with van der Waals surface area (Å²) in [6, 6.07) is 17.6. The second kappa shape index (κ2) is 9.38. The Morgan fingerprint density at radius 1 is 1.00 bits per heavy atom. The number of anilines is 2. The van der Waals surface area contributed by atoms with Crippen molar-refractivity contribution in [2.75, 3.05) is 16.6 Å². The first-order chi connectivity index (χ1) is 14.2. The van der Waals surface area contributed by atoms with Crippen LogP contribution in [0.15, 0.2) is 71.6 Å². The average molecular weight is 465 g/mol. The Bertz CT molecular complexity index is 1170. The minimum absolute atomic E-state index is 0.0424. The van der Waals surface area contributed by atoms with E-state index in [0.717, 1.165) is 5.56 Å². The van der Waals surface area contributed by atoms with Crippen LogP contribution in [0.25, 0.3) is 0 Å². The van der Waals surface area contributed by atoms with Crippen molar-refractivity contribution in [3.8, 4) is 5.75 Å². The van der Waals surface area contributed by atoms with Gasteiger partial charge in [0.15, 0.2) is 6.61 Å². The highest BCUT2D eigenvalue weighted by Gasteiger charge is 2.17. The number of para-hydroxylation sites is 1. The van der Waals surface area contributed by atoms with Gasteiger partial charge in [-0.2, -0.15) is 0 Å². The molecule has 0 saturated carbocycles. The largest absolute Gasteiger partial charge is 0.482 e. The zero-order chi connectivity index (χ0) is 21.7. The summed E-state index contributed by atoms with van der Waals surface area (Å²) in [5.41, 5.74) is 1.97. The van der Waals surface area contributed by atoms with Gasteiger partial charge in [0.1, 0.15) is 5.75 Å². The predicted octanol–water partition coefficient (Wildman–Crippen LogP) is 5.12. The molecule has 2 N–H and O–H groups in total. The number of halogens is 2. The van der Waals surface area contributed by atoms with Gasteiger partial charge in [0.25, 0.3) is 15.9 Å². The van der Waals surface area contributed by atoms with E-state index in [1.165, 1.54) is 18.2 Å². The third-order valence-corrected chi connectivity index (χ3v) is 6.01. The first kappa shape index (κ1) is 22.0. The quantitative estimate of drug-likeness (QED) is 0.507. The number of hydrogen-bond acceptors (Lipinski definition) is 4. The molecule has 0 heterocycles. The van der Waals surface area contributed by atoms with Gasteiger partial charge in [-0.25, -0.2) is 8.42 Å². The number of carbonyl (C=O) groups excluding carboxylic acids is 1. The third-order valence-electron chi connectivity index (χ3n) is 4.09. The SMILES string of the molecule is Cc1ccccc1NC(=O)COc1ccc(S(=O)(=O)Nc2ccc(Cl)cc2)cc1Cl. The van der Waals surface area contributed by atoms with Crippen LogP contribution in [-0.4, -0.2) is 20.9 Å². The summed E-state index contributed by atoms with van der Waals surface area (Å²) in [6.45, 7) is 1.60. The highest BCUT2D eigenvalue weighted by atomic mass is 35.5. The van der Waals surface area contributed by atoms with Gasteiger partial charge in [-0.05, 0) is 61.0 Å². The van der Waals surface area contributed by atoms with Crippen molar-refractivity contribution >= 4 is 50.5 Å². The number of nitrogens with one attached hydrogen (secondary N) is 2. The van der Waals surface area contributed by atoms with Crippen LogP contribution in [0.5, 0.6) is 5.75 Å². The number of hydrogen-bond donors (Lipinski definition) is 2. The van der Waals surface area contributed by atoms with Gasteiger partial charge in [-0.15, -0.1) is 0 Å². The Morgan fingerprint density at radius 2 is 1.70 bits per heavy atom. The maximum absolute atomic E-state index is 12.5. The van der Waals surface area contributed by atoms with Crippen molar-refractivity contribution in [2.45, 2.75) is 11.8 Å². The maximum atomic E-state index is 12.5. The van der Waals surface area contributed by atoms with Gasteiger partial charge in [0, 0.05) is 16.4 Å². The zero-order valence-corrected chi connectivity index (χ0v) is 18.2. The van der Waals surface area contributed by atoms with Crippen molar-refractivity contribution in [3.63, 3.8) is 0 Å². The highest BCUT2D eigenvalue weighted by molar-refractivity contribution is 7.92. The topological polar surface area (TPSA) is 84.5 Å². The molecule has 156 valence electrons. The van der Waals surface area contributed by atoms with Crippen LogP contribution in [0.3, 0.4) is 0 Å². The number of ether oxygens (including phenoxy) is 1. The van der Waals surface area contributed by atoms with Crippen LogP contribution in [0.1, 0.15) is 5.56 Å². The molecule has 3 rings (SSSR count). The molecule has 0 bridgehead atoms. The number of benzene rings is 3. The van der Waals surface area contributed by atoms with Crippen LogP contribution in [0.2, 0.25) is 10.0 Å². The Hall–Kier alpha value is -2.74. The van der Waals surface area contributed by atoms with Crippen molar-refractivity contribution in [1.82, 2.24) is 0 Å². The molecule has 30 heavy (non-hydrogen) atoms. The van der Waals surface area contributed by atoms with Crippen LogP contribution in [0.4, 0.5) is 11.4 Å². The Balaban J connectivity index is 1.65. The summed E-state index contributed by atoms with van der Waals surface area (Å²) in [6.07, 6.45) is 0. The van der Waals surface area contributed by atoms with Gasteiger partial charge >= 0.3 is 0 Å². The van der Waals surface area contributed by atoms with Crippen LogP contribution < -0.4 is 14.8 Å². The van der Waals surface area contributed by atoms with Crippen LogP contribution >= 0.6 is 23.2 Å². The molecule has 6 nitrogen and oxygen atoms in total. The summed E-state index contributed by atoms with van der Waals surface area (Å²) in [7, 11) is -3.85. The third kappa shape index (κ3) is 5.66. The number of amides is 1. The van der Waals surface area contributed by atoms with E-state index in [1.807, 2.05) is 25.1 Å². The molecule has 0 aliphatic heterocycles. The smallest absolute Gasteiger partial charge is 0.262 e. The molecule has 0 aliphatic rings. The Morgan fingerprint density at radius 3 is 2.37 bits per heavy atom. The van der Waals surface area contributed by atoms with Crippen molar-refractivity contribution in [3.05, 3.63) is 82.3 Å². The lowest BCUT2D eigenvalue weighted by Crippen LogP contribution is -2.20. The lowest BCUT2D eigenvalue weighted by molar-refractivity contribution is -0.118. The lowest BCUT2D eigenvalue weighted by Gasteiger charge is -2.12. The number of sulfonamides is 1. The fourth-order valence-corrected chi connectivity index (χ4v) is 4.05. The zero-order valence-electron chi connectivity index (χ0n) is 15.9. The van der Waals surface area contributed by atoms with Crippen LogP contribution in [-0.2, 0) is 14.8 Å². The lowest BCUT2D eigenvalue weighted by atomic mass is 10.2. The maximum Gasteiger partial charge on any atom is 0.262 e. The first-order valence-electron chi connectivity index (χ1n) is 8.81. The predicted molar refractivity (Wildman–Crippen MR) is 119 cm³/mol. The van der Waals surface area contributed by atoms with E-state index >= 15 is 0 Å². The number of carbonyl (C=O) groups is 1. The first-order valence-corrected chi connectivity index (χ1v) is 11.0. The molecule has 0 aliphatic carbocycles. The molecule has 3 aromatic carbocycles. The van der Waals surface area contributed by atoms with Crippen LogP contribution in [0, 0.1) is 6.92 Å². The number of aryl methyl sites for hydroxylation is 1. The van der Waals surface area contributed by atoms with Gasteiger partial charge in [-0.3, -0.25) is 9.52 Å². The van der Waals surface area contributed by atoms with Gasteiger partial charge in [0.05, 0.1) is 9.92 Å². The van der Waals surface area contributed by atoms with E-state index in [0.29, 0.717) is 16.4 Å². The van der Waals surface area contributed by atoms with Gasteiger partial charge < -0.3 is 10.1 Å². The molecule has 0 fully saturated rings. The summed E-state index contributed by atoms with van der Waals surface area (Å²) in [4.78, 5) is 12.1. The molecule has 0 atom stereocenters. The van der Waals surface area contributed by atoms with Gasteiger partial charge in [0.2, 0.25) is 0 Å². The van der Waals surface area contributed by atoms with E-state index in [4.69, 9.17) is 27.9 Å². The standard InChI is InChI=1S/C21H18Cl2N2O4S/c1-14-4-2-3-5-19(14)24-21(26)13-29-20-11-10-17(12-18(20)23)30(27,28)25-16-8-6-15(22)7-9-16/h2-12,25H,13H2,1H3,(H,24,26). The molecule has 9 heteroatoms. The van der Waals surface area contributed by atoms with E-state index in [1.54, 1.807) is 30.3 Å². The van der Waals surface area contributed by atoms with E-state index in [-0.39, 0.29) is 28.2 Å².